The van der Waals surface area contributed by atoms with Gasteiger partial charge in [0.25, 0.3) is 0 Å². The van der Waals surface area contributed by atoms with Gasteiger partial charge >= 0.3 is 26.8 Å². The molecule has 0 N–H and O–H groups in total. The molecule has 0 spiro atoms. The topological polar surface area (TPSA) is 0 Å². The monoisotopic (exact) mass is 350 g/mol. The Morgan fingerprint density at radius 2 is 1.23 bits per heavy atom. The van der Waals surface area contributed by atoms with Crippen molar-refractivity contribution in [2.24, 2.45) is 0 Å². The molecule has 2 heteroatoms. The molecule has 0 aromatic rings. The molecule has 0 saturated carbocycles. The van der Waals surface area contributed by atoms with Crippen LogP contribution in [0.4, 0.5) is 0 Å². The Morgan fingerprint density at radius 3 is 1.45 bits per heavy atom. The first-order valence-electron chi connectivity index (χ1n) is 7.74. The van der Waals surface area contributed by atoms with Crippen molar-refractivity contribution in [3.63, 3.8) is 0 Å². The molecule has 0 atom stereocenters. The third kappa shape index (κ3) is 14.8. The Morgan fingerprint density at radius 1 is 0.864 bits per heavy atom. The van der Waals surface area contributed by atoms with Gasteiger partial charge in [-0.1, -0.05) is 52.4 Å². The van der Waals surface area contributed by atoms with Crippen LogP contribution in [0.5, 0.6) is 0 Å². The molecule has 2 aliphatic carbocycles. The van der Waals surface area contributed by atoms with Gasteiger partial charge in [0.1, 0.15) is 0 Å². The summed E-state index contributed by atoms with van der Waals surface area (Å²) in [5, 5.41) is 0. The van der Waals surface area contributed by atoms with Crippen molar-refractivity contribution in [2.75, 3.05) is 0 Å². The van der Waals surface area contributed by atoms with Crippen LogP contribution in [0.15, 0.2) is 35.5 Å². The molecular formula is C20H34SiTi-4. The summed E-state index contributed by atoms with van der Waals surface area (Å²) in [4.78, 5) is 0. The quantitative estimate of drug-likeness (QED) is 0.425. The molecule has 0 radical (unpaired) electrons. The zero-order chi connectivity index (χ0) is 15.1. The van der Waals surface area contributed by atoms with Crippen molar-refractivity contribution in [2.45, 2.75) is 65.2 Å². The van der Waals surface area contributed by atoms with Crippen molar-refractivity contribution in [1.82, 2.24) is 0 Å². The van der Waals surface area contributed by atoms with Crippen LogP contribution in [0.25, 0.3) is 0 Å². The molecule has 0 unspecified atom stereocenters. The fraction of sp³-hybridized carbons (Fsp3) is 0.500. The van der Waals surface area contributed by atoms with Crippen LogP contribution in [0, 0.1) is 27.0 Å². The maximum atomic E-state index is 3.30. The molecule has 126 valence electrons. The second-order valence-electron chi connectivity index (χ2n) is 4.82. The van der Waals surface area contributed by atoms with E-state index in [2.05, 4.69) is 50.3 Å². The van der Waals surface area contributed by atoms with Gasteiger partial charge in [-0.2, -0.15) is 12.2 Å². The summed E-state index contributed by atoms with van der Waals surface area (Å²) in [6, 6.07) is 0. The molecule has 0 heterocycles. The average Bonchev–Trinajstić information content (AvgIpc) is 3.19. The predicted octanol–water partition coefficient (Wildman–Crippen LogP) is 5.71. The SMILES string of the molecule is CCCCC1=[C-]CC=C1.CCCCC1=[C-]CC=C1.[CH3-].[CH3-].[SiH2]=[Ti]. The number of rotatable bonds is 6. The molecule has 0 aromatic heterocycles. The summed E-state index contributed by atoms with van der Waals surface area (Å²) in [7, 11) is 1.86. The zero-order valence-corrected chi connectivity index (χ0v) is 18.1. The first-order chi connectivity index (χ1) is 9.86. The number of hydrogen-bond donors (Lipinski definition) is 0. The fourth-order valence-electron chi connectivity index (χ4n) is 1.98. The summed E-state index contributed by atoms with van der Waals surface area (Å²) >= 11 is 2.03. The minimum absolute atomic E-state index is 0. The summed E-state index contributed by atoms with van der Waals surface area (Å²) < 4.78 is 0. The van der Waals surface area contributed by atoms with Gasteiger partial charge in [-0.05, 0) is 0 Å². The molecule has 2 rings (SSSR count). The molecule has 0 fully saturated rings. The Hall–Kier alpha value is -0.109. The predicted molar refractivity (Wildman–Crippen MR) is 101 cm³/mol. The van der Waals surface area contributed by atoms with Crippen molar-refractivity contribution in [3.8, 4) is 0 Å². The Bertz CT molecular complexity index is 317. The number of hydrogen-bond acceptors (Lipinski definition) is 0. The molecule has 0 aromatic carbocycles. The first-order valence-corrected chi connectivity index (χ1v) is 11.8. The Kier molecular flexibility index (Phi) is 25.4. The second-order valence-corrected chi connectivity index (χ2v) is 4.82. The van der Waals surface area contributed by atoms with Gasteiger partial charge in [-0.15, -0.1) is 12.8 Å². The van der Waals surface area contributed by atoms with E-state index in [9.17, 15) is 0 Å². The maximum absolute atomic E-state index is 3.30. The first kappa shape index (κ1) is 26.8. The van der Waals surface area contributed by atoms with Gasteiger partial charge in [-0.25, -0.2) is 23.3 Å². The second kappa shape index (κ2) is 20.9. The van der Waals surface area contributed by atoms with E-state index >= 15 is 0 Å². The summed E-state index contributed by atoms with van der Waals surface area (Å²) in [5.41, 5.74) is 2.83. The summed E-state index contributed by atoms with van der Waals surface area (Å²) in [6.45, 7) is 4.44. The molecule has 0 aliphatic heterocycles. The van der Waals surface area contributed by atoms with Crippen LogP contribution in [0.3, 0.4) is 0 Å². The standard InChI is InChI=1S/2C9H13.2CH3.H2Si.Ti/c2*1-2-3-6-9-7-4-5-8-9;;;;/h2*4,7H,2-3,5-6H2,1H3;2*1H3;1H2;/q4*-1;;. The minimum atomic E-state index is 0. The van der Waals surface area contributed by atoms with E-state index in [0.717, 1.165) is 12.8 Å². The van der Waals surface area contributed by atoms with Gasteiger partial charge in [0, 0.05) is 0 Å². The van der Waals surface area contributed by atoms with E-state index in [1.165, 1.54) is 49.7 Å². The van der Waals surface area contributed by atoms with Crippen molar-refractivity contribution >= 4 is 7.63 Å². The van der Waals surface area contributed by atoms with Gasteiger partial charge in [0.05, 0.1) is 0 Å². The van der Waals surface area contributed by atoms with Crippen molar-refractivity contribution < 1.29 is 19.2 Å². The van der Waals surface area contributed by atoms with Crippen LogP contribution in [-0.2, 0) is 19.2 Å². The van der Waals surface area contributed by atoms with Crippen LogP contribution in [-0.4, -0.2) is 7.63 Å². The summed E-state index contributed by atoms with van der Waals surface area (Å²) in [5.74, 6) is 0. The number of allylic oxidation sites excluding steroid dienone is 8. The van der Waals surface area contributed by atoms with E-state index in [1.54, 1.807) is 0 Å². The molecule has 0 nitrogen and oxygen atoms in total. The van der Waals surface area contributed by atoms with Gasteiger partial charge < -0.3 is 14.9 Å². The van der Waals surface area contributed by atoms with E-state index < -0.39 is 0 Å². The number of unbranched alkanes of at least 4 members (excludes halogenated alkanes) is 2. The molecule has 22 heavy (non-hydrogen) atoms. The van der Waals surface area contributed by atoms with Gasteiger partial charge in [-0.3, -0.25) is 12.2 Å². The van der Waals surface area contributed by atoms with Crippen LogP contribution in [0.1, 0.15) is 65.2 Å². The van der Waals surface area contributed by atoms with Crippen LogP contribution < -0.4 is 0 Å². The van der Waals surface area contributed by atoms with E-state index in [1.807, 2.05) is 26.8 Å². The molecule has 2 aliphatic rings. The third-order valence-electron chi connectivity index (χ3n) is 3.13. The molecule has 0 amide bonds. The van der Waals surface area contributed by atoms with Crippen molar-refractivity contribution in [3.05, 3.63) is 62.5 Å². The Labute approximate surface area is 154 Å². The van der Waals surface area contributed by atoms with E-state index in [-0.39, 0.29) is 14.9 Å². The van der Waals surface area contributed by atoms with Crippen LogP contribution in [0.2, 0.25) is 0 Å². The van der Waals surface area contributed by atoms with Crippen LogP contribution >= 0.6 is 0 Å². The Balaban J connectivity index is -0.000000273. The average molecular weight is 350 g/mol. The third-order valence-corrected chi connectivity index (χ3v) is 3.13. The van der Waals surface area contributed by atoms with E-state index in [4.69, 9.17) is 0 Å². The fourth-order valence-corrected chi connectivity index (χ4v) is 1.98. The molecule has 0 bridgehead atoms. The van der Waals surface area contributed by atoms with Gasteiger partial charge in [0.2, 0.25) is 0 Å². The molecule has 0 saturated heterocycles. The van der Waals surface area contributed by atoms with Gasteiger partial charge in [0.15, 0.2) is 0 Å². The molecular weight excluding hydrogens is 316 g/mol. The zero-order valence-electron chi connectivity index (χ0n) is 15.2. The normalized spacial score (nSPS) is 13.5. The van der Waals surface area contributed by atoms with Crippen molar-refractivity contribution in [1.29, 1.82) is 0 Å². The van der Waals surface area contributed by atoms with E-state index in [0.29, 0.717) is 0 Å². The summed E-state index contributed by atoms with van der Waals surface area (Å²) in [6.07, 6.45) is 25.1.